The topological polar surface area (TPSA) is 83.0 Å². The number of likely N-dealkylation sites (tertiary alicyclic amines) is 1. The first-order chi connectivity index (χ1) is 16.8. The van der Waals surface area contributed by atoms with Gasteiger partial charge in [-0.15, -0.1) is 0 Å². The fraction of sp³-hybridized carbons (Fsp3) is 0.250. The highest BCUT2D eigenvalue weighted by molar-refractivity contribution is 6.46. The van der Waals surface area contributed by atoms with Gasteiger partial charge >= 0.3 is 0 Å². The molecule has 1 N–H and O–H groups in total. The Kier molecular flexibility index (Phi) is 7.27. The van der Waals surface area contributed by atoms with E-state index in [2.05, 4.69) is 11.1 Å². The van der Waals surface area contributed by atoms with Gasteiger partial charge in [-0.2, -0.15) is 0 Å². The molecule has 2 aromatic carbocycles. The third-order valence-electron chi connectivity index (χ3n) is 5.97. The van der Waals surface area contributed by atoms with Gasteiger partial charge in [0.25, 0.3) is 11.7 Å². The number of amides is 1. The number of nitrogens with zero attached hydrogens (tertiary/aromatic N) is 3. The highest BCUT2D eigenvalue weighted by Crippen LogP contribution is 2.39. The summed E-state index contributed by atoms with van der Waals surface area (Å²) in [6, 6.07) is 17.8. The van der Waals surface area contributed by atoms with Crippen molar-refractivity contribution >= 4 is 17.4 Å². The quantitative estimate of drug-likeness (QED) is 0.304. The lowest BCUT2D eigenvalue weighted by Crippen LogP contribution is -2.35. The van der Waals surface area contributed by atoms with Gasteiger partial charge in [0.2, 0.25) is 0 Å². The molecule has 0 unspecified atom stereocenters. The highest BCUT2D eigenvalue weighted by Gasteiger charge is 2.45. The smallest absolute Gasteiger partial charge is 0.295 e. The Morgan fingerprint density at radius 1 is 1.06 bits per heavy atom. The molecule has 35 heavy (non-hydrogen) atoms. The second kappa shape index (κ2) is 10.5. The van der Waals surface area contributed by atoms with E-state index in [9.17, 15) is 14.7 Å². The number of hydrogen-bond acceptors (Lipinski definition) is 6. The lowest BCUT2D eigenvalue weighted by molar-refractivity contribution is -0.140. The zero-order valence-corrected chi connectivity index (χ0v) is 20.1. The van der Waals surface area contributed by atoms with E-state index < -0.39 is 17.7 Å². The Morgan fingerprint density at radius 2 is 1.77 bits per heavy atom. The minimum absolute atomic E-state index is 0.0772. The number of aliphatic hydroxyl groups is 1. The molecule has 0 saturated carbocycles. The second-order valence-corrected chi connectivity index (χ2v) is 8.88. The molecular weight excluding hydrogens is 442 g/mol. The fourth-order valence-electron chi connectivity index (χ4n) is 4.14. The van der Waals surface area contributed by atoms with Crippen molar-refractivity contribution in [2.45, 2.75) is 19.6 Å². The minimum Gasteiger partial charge on any atom is -0.507 e. The molecule has 4 rings (SSSR count). The lowest BCUT2D eigenvalue weighted by atomic mass is 9.96. The van der Waals surface area contributed by atoms with Crippen molar-refractivity contribution in [3.05, 3.63) is 101 Å². The number of pyridine rings is 1. The molecule has 7 nitrogen and oxygen atoms in total. The van der Waals surface area contributed by atoms with E-state index >= 15 is 0 Å². The summed E-state index contributed by atoms with van der Waals surface area (Å²) in [5.41, 5.74) is 3.47. The first kappa shape index (κ1) is 24.2. The summed E-state index contributed by atoms with van der Waals surface area (Å²) < 4.78 is 5.87. The Balaban J connectivity index is 1.62. The number of Topliss-reactive ketones (excluding diaryl/α,β-unsaturated/α-hetero) is 1. The Hall–Kier alpha value is -3.97. The molecule has 0 radical (unpaired) electrons. The first-order valence-corrected chi connectivity index (χ1v) is 11.5. The summed E-state index contributed by atoms with van der Waals surface area (Å²) in [7, 11) is 3.81. The van der Waals surface area contributed by atoms with Gasteiger partial charge in [0, 0.05) is 31.0 Å². The normalized spacial score (nSPS) is 17.3. The van der Waals surface area contributed by atoms with Crippen LogP contribution in [0.15, 0.2) is 78.6 Å². The maximum atomic E-state index is 13.0. The summed E-state index contributed by atoms with van der Waals surface area (Å²) in [4.78, 5) is 33.5. The molecule has 180 valence electrons. The largest absolute Gasteiger partial charge is 0.507 e. The van der Waals surface area contributed by atoms with Crippen molar-refractivity contribution in [1.82, 2.24) is 14.8 Å². The molecule has 1 fully saturated rings. The van der Waals surface area contributed by atoms with Crippen LogP contribution >= 0.6 is 0 Å². The molecule has 0 spiro atoms. The van der Waals surface area contributed by atoms with Gasteiger partial charge in [0.05, 0.1) is 11.6 Å². The van der Waals surface area contributed by atoms with E-state index in [4.69, 9.17) is 4.74 Å². The van der Waals surface area contributed by atoms with Crippen LogP contribution in [0.3, 0.4) is 0 Å². The first-order valence-electron chi connectivity index (χ1n) is 11.5. The van der Waals surface area contributed by atoms with E-state index in [0.29, 0.717) is 31.0 Å². The molecular formula is C28H29N3O4. The molecule has 0 aliphatic carbocycles. The molecule has 1 atom stereocenters. The molecule has 1 aliphatic rings. The molecule has 3 aromatic rings. The number of carbonyl (C=O) groups is 2. The number of ether oxygens (including phenoxy) is 1. The third-order valence-corrected chi connectivity index (χ3v) is 5.97. The Labute approximate surface area is 205 Å². The number of aryl methyl sites for hydroxylation is 1. The van der Waals surface area contributed by atoms with Crippen LogP contribution in [0.4, 0.5) is 0 Å². The van der Waals surface area contributed by atoms with Gasteiger partial charge in [-0.25, -0.2) is 0 Å². The van der Waals surface area contributed by atoms with Gasteiger partial charge in [-0.1, -0.05) is 29.8 Å². The fourth-order valence-corrected chi connectivity index (χ4v) is 4.14. The van der Waals surface area contributed by atoms with Crippen LogP contribution in [0.25, 0.3) is 5.76 Å². The summed E-state index contributed by atoms with van der Waals surface area (Å²) in [6.07, 6.45) is 3.23. The standard InChI is InChI=1S/C28H29N3O4/c1-19-5-4-6-20(17-19)18-35-23-9-7-22(8-10-23)26(32)24-25(21-11-13-29-14-12-21)31(16-15-30(2)3)28(34)27(24)33/h4-14,17,25,32H,15-16,18H2,1-3H3/b26-24+/t25-/m1/s1. The average molecular weight is 472 g/mol. The molecule has 1 saturated heterocycles. The van der Waals surface area contributed by atoms with Crippen molar-refractivity contribution in [1.29, 1.82) is 0 Å². The monoisotopic (exact) mass is 471 g/mol. The van der Waals surface area contributed by atoms with Crippen LogP contribution in [0.1, 0.15) is 28.3 Å². The van der Waals surface area contributed by atoms with E-state index in [0.717, 1.165) is 16.7 Å². The minimum atomic E-state index is -0.692. The predicted octanol–water partition coefficient (Wildman–Crippen LogP) is 3.95. The summed E-state index contributed by atoms with van der Waals surface area (Å²) >= 11 is 0. The molecule has 7 heteroatoms. The third kappa shape index (κ3) is 5.41. The number of aromatic nitrogens is 1. The zero-order valence-electron chi connectivity index (χ0n) is 20.1. The van der Waals surface area contributed by atoms with Crippen LogP contribution in [0.5, 0.6) is 5.75 Å². The van der Waals surface area contributed by atoms with Crippen molar-refractivity contribution in [2.24, 2.45) is 0 Å². The lowest BCUT2D eigenvalue weighted by Gasteiger charge is -2.26. The SMILES string of the molecule is Cc1cccc(COc2ccc(/C(O)=C3\C(=O)C(=O)N(CCN(C)C)[C@@H]3c3ccncc3)cc2)c1. The van der Waals surface area contributed by atoms with Crippen LogP contribution in [-0.4, -0.2) is 58.8 Å². The summed E-state index contributed by atoms with van der Waals surface area (Å²) in [6.45, 7) is 3.39. The maximum Gasteiger partial charge on any atom is 0.295 e. The number of benzene rings is 2. The molecule has 0 bridgehead atoms. The van der Waals surface area contributed by atoms with Crippen LogP contribution in [-0.2, 0) is 16.2 Å². The molecule has 1 amide bonds. The zero-order chi connectivity index (χ0) is 24.9. The van der Waals surface area contributed by atoms with Crippen LogP contribution in [0.2, 0.25) is 0 Å². The van der Waals surface area contributed by atoms with E-state index in [1.54, 1.807) is 48.8 Å². The van der Waals surface area contributed by atoms with Gasteiger partial charge in [0.1, 0.15) is 18.1 Å². The van der Waals surface area contributed by atoms with Crippen molar-refractivity contribution in [2.75, 3.05) is 27.2 Å². The Bertz CT molecular complexity index is 1240. The molecule has 2 heterocycles. The van der Waals surface area contributed by atoms with Crippen LogP contribution in [0, 0.1) is 6.92 Å². The van der Waals surface area contributed by atoms with Gasteiger partial charge < -0.3 is 19.6 Å². The van der Waals surface area contributed by atoms with E-state index in [1.807, 2.05) is 44.1 Å². The number of aliphatic hydroxyl groups excluding tert-OH is 1. The van der Waals surface area contributed by atoms with Gasteiger partial charge in [-0.3, -0.25) is 14.6 Å². The van der Waals surface area contributed by atoms with Crippen molar-refractivity contribution in [3.63, 3.8) is 0 Å². The molecule has 1 aromatic heterocycles. The molecule has 1 aliphatic heterocycles. The maximum absolute atomic E-state index is 13.0. The van der Waals surface area contributed by atoms with E-state index in [-0.39, 0.29) is 11.3 Å². The number of rotatable bonds is 8. The van der Waals surface area contributed by atoms with Crippen LogP contribution < -0.4 is 4.74 Å². The average Bonchev–Trinajstić information content (AvgIpc) is 3.11. The Morgan fingerprint density at radius 3 is 2.43 bits per heavy atom. The summed E-state index contributed by atoms with van der Waals surface area (Å²) in [5.74, 6) is -0.876. The highest BCUT2D eigenvalue weighted by atomic mass is 16.5. The number of carbonyl (C=O) groups excluding carboxylic acids is 2. The van der Waals surface area contributed by atoms with Gasteiger partial charge in [0.15, 0.2) is 0 Å². The van der Waals surface area contributed by atoms with Crippen molar-refractivity contribution < 1.29 is 19.4 Å². The number of ketones is 1. The second-order valence-electron chi connectivity index (χ2n) is 8.88. The van der Waals surface area contributed by atoms with Crippen molar-refractivity contribution in [3.8, 4) is 5.75 Å². The van der Waals surface area contributed by atoms with E-state index in [1.165, 1.54) is 4.90 Å². The van der Waals surface area contributed by atoms with Gasteiger partial charge in [-0.05, 0) is 68.5 Å². The number of likely N-dealkylation sites (N-methyl/N-ethyl adjacent to an activating group) is 1. The summed E-state index contributed by atoms with van der Waals surface area (Å²) in [5, 5.41) is 11.2. The number of hydrogen-bond donors (Lipinski definition) is 1. The predicted molar refractivity (Wildman–Crippen MR) is 134 cm³/mol.